The standard InChI is InChI=1S/C14H25NO2/c1-12(2)11-17-10-6-9-15-14(16)13-7-4-3-5-8-13/h3-4,12-13H,5-11H2,1-2H3,(H,15,16). The fraction of sp³-hybridized carbons (Fsp3) is 0.786. The van der Waals surface area contributed by atoms with Crippen LogP contribution in [-0.4, -0.2) is 25.7 Å². The summed E-state index contributed by atoms with van der Waals surface area (Å²) in [5.74, 6) is 0.980. The fourth-order valence-electron chi connectivity index (χ4n) is 1.88. The molecular formula is C14H25NO2. The lowest BCUT2D eigenvalue weighted by Crippen LogP contribution is -2.32. The Bertz CT molecular complexity index is 249. The predicted molar refractivity (Wildman–Crippen MR) is 69.8 cm³/mol. The maximum absolute atomic E-state index is 11.8. The molecule has 0 saturated heterocycles. The molecule has 1 N–H and O–H groups in total. The largest absolute Gasteiger partial charge is 0.381 e. The Morgan fingerprint density at radius 1 is 1.47 bits per heavy atom. The van der Waals surface area contributed by atoms with Crippen LogP contribution in [0.1, 0.15) is 39.5 Å². The predicted octanol–water partition coefficient (Wildman–Crippen LogP) is 2.52. The van der Waals surface area contributed by atoms with E-state index in [0.29, 0.717) is 5.92 Å². The number of hydrogen-bond acceptors (Lipinski definition) is 2. The highest BCUT2D eigenvalue weighted by Gasteiger charge is 2.17. The van der Waals surface area contributed by atoms with Gasteiger partial charge < -0.3 is 10.1 Å². The minimum Gasteiger partial charge on any atom is -0.381 e. The van der Waals surface area contributed by atoms with Gasteiger partial charge in [0.25, 0.3) is 0 Å². The number of nitrogens with one attached hydrogen (secondary N) is 1. The average Bonchev–Trinajstić information content (AvgIpc) is 2.34. The summed E-state index contributed by atoms with van der Waals surface area (Å²) in [5.41, 5.74) is 0. The summed E-state index contributed by atoms with van der Waals surface area (Å²) in [6, 6.07) is 0. The van der Waals surface area contributed by atoms with Crippen molar-refractivity contribution in [2.45, 2.75) is 39.5 Å². The van der Waals surface area contributed by atoms with Crippen LogP contribution in [0.4, 0.5) is 0 Å². The van der Waals surface area contributed by atoms with Crippen molar-refractivity contribution in [3.05, 3.63) is 12.2 Å². The monoisotopic (exact) mass is 239 g/mol. The second-order valence-corrected chi connectivity index (χ2v) is 5.09. The van der Waals surface area contributed by atoms with Crippen LogP contribution in [0.25, 0.3) is 0 Å². The maximum atomic E-state index is 11.8. The molecule has 1 rings (SSSR count). The Kier molecular flexibility index (Phi) is 6.94. The van der Waals surface area contributed by atoms with Crippen molar-refractivity contribution in [1.82, 2.24) is 5.32 Å². The van der Waals surface area contributed by atoms with Crippen LogP contribution in [0.2, 0.25) is 0 Å². The average molecular weight is 239 g/mol. The molecule has 1 aliphatic rings. The molecule has 0 bridgehead atoms. The van der Waals surface area contributed by atoms with Crippen molar-refractivity contribution in [3.63, 3.8) is 0 Å². The minimum absolute atomic E-state index is 0.191. The van der Waals surface area contributed by atoms with Crippen LogP contribution >= 0.6 is 0 Å². The molecule has 17 heavy (non-hydrogen) atoms. The van der Waals surface area contributed by atoms with Gasteiger partial charge in [-0.15, -0.1) is 0 Å². The molecule has 3 nitrogen and oxygen atoms in total. The quantitative estimate of drug-likeness (QED) is 0.547. The Morgan fingerprint density at radius 3 is 2.94 bits per heavy atom. The number of rotatable bonds is 7. The van der Waals surface area contributed by atoms with Crippen LogP contribution in [0.5, 0.6) is 0 Å². The molecule has 98 valence electrons. The van der Waals surface area contributed by atoms with Crippen molar-refractivity contribution in [3.8, 4) is 0 Å². The van der Waals surface area contributed by atoms with Gasteiger partial charge in [0.1, 0.15) is 0 Å². The molecule has 0 aromatic rings. The van der Waals surface area contributed by atoms with E-state index in [1.807, 2.05) is 0 Å². The molecule has 3 heteroatoms. The number of ether oxygens (including phenoxy) is 1. The second-order valence-electron chi connectivity index (χ2n) is 5.09. The molecule has 0 aromatic carbocycles. The molecule has 0 fully saturated rings. The van der Waals surface area contributed by atoms with E-state index in [9.17, 15) is 4.79 Å². The summed E-state index contributed by atoms with van der Waals surface area (Å²) >= 11 is 0. The van der Waals surface area contributed by atoms with E-state index in [1.54, 1.807) is 0 Å². The van der Waals surface area contributed by atoms with Crippen molar-refractivity contribution in [2.24, 2.45) is 11.8 Å². The molecule has 0 radical (unpaired) electrons. The van der Waals surface area contributed by atoms with Gasteiger partial charge in [-0.25, -0.2) is 0 Å². The van der Waals surface area contributed by atoms with E-state index in [-0.39, 0.29) is 11.8 Å². The van der Waals surface area contributed by atoms with Crippen LogP contribution in [0, 0.1) is 11.8 Å². The molecule has 1 unspecified atom stereocenters. The molecule has 0 aliphatic heterocycles. The summed E-state index contributed by atoms with van der Waals surface area (Å²) in [6.07, 6.45) is 8.10. The lowest BCUT2D eigenvalue weighted by Gasteiger charge is -2.17. The summed E-state index contributed by atoms with van der Waals surface area (Å²) in [6.45, 7) is 6.55. The van der Waals surface area contributed by atoms with Crippen molar-refractivity contribution in [1.29, 1.82) is 0 Å². The number of allylic oxidation sites excluding steroid dienone is 2. The SMILES string of the molecule is CC(C)COCCCNC(=O)C1CC=CCC1. The minimum atomic E-state index is 0.191. The highest BCUT2D eigenvalue weighted by molar-refractivity contribution is 5.78. The topological polar surface area (TPSA) is 38.3 Å². The first kappa shape index (κ1) is 14.2. The van der Waals surface area contributed by atoms with E-state index in [4.69, 9.17) is 4.74 Å². The Balaban J connectivity index is 1.98. The fourth-order valence-corrected chi connectivity index (χ4v) is 1.88. The normalized spacial score (nSPS) is 19.6. The van der Waals surface area contributed by atoms with E-state index in [1.165, 1.54) is 0 Å². The highest BCUT2D eigenvalue weighted by Crippen LogP contribution is 2.17. The second kappa shape index (κ2) is 8.29. The molecule has 1 amide bonds. The lowest BCUT2D eigenvalue weighted by atomic mass is 9.94. The van der Waals surface area contributed by atoms with Crippen molar-refractivity contribution < 1.29 is 9.53 Å². The number of carbonyl (C=O) groups excluding carboxylic acids is 1. The third-order valence-corrected chi connectivity index (χ3v) is 2.86. The maximum Gasteiger partial charge on any atom is 0.223 e. The summed E-state index contributed by atoms with van der Waals surface area (Å²) in [4.78, 5) is 11.8. The zero-order valence-electron chi connectivity index (χ0n) is 11.1. The van der Waals surface area contributed by atoms with Crippen LogP contribution in [0.3, 0.4) is 0 Å². The van der Waals surface area contributed by atoms with Gasteiger partial charge in [0, 0.05) is 25.7 Å². The van der Waals surface area contributed by atoms with E-state index in [0.717, 1.165) is 45.4 Å². The Morgan fingerprint density at radius 2 is 2.29 bits per heavy atom. The summed E-state index contributed by atoms with van der Waals surface area (Å²) in [7, 11) is 0. The Labute approximate surface area is 105 Å². The molecule has 1 atom stereocenters. The summed E-state index contributed by atoms with van der Waals surface area (Å²) < 4.78 is 5.46. The zero-order chi connectivity index (χ0) is 12.5. The van der Waals surface area contributed by atoms with Gasteiger partial charge in [-0.3, -0.25) is 4.79 Å². The first-order valence-corrected chi connectivity index (χ1v) is 6.70. The summed E-state index contributed by atoms with van der Waals surface area (Å²) in [5, 5.41) is 2.99. The van der Waals surface area contributed by atoms with Crippen molar-refractivity contribution in [2.75, 3.05) is 19.8 Å². The van der Waals surface area contributed by atoms with Crippen LogP contribution < -0.4 is 5.32 Å². The third-order valence-electron chi connectivity index (χ3n) is 2.86. The van der Waals surface area contributed by atoms with Crippen molar-refractivity contribution >= 4 is 5.91 Å². The number of carbonyl (C=O) groups is 1. The number of amides is 1. The van der Waals surface area contributed by atoms with Crippen LogP contribution in [-0.2, 0) is 9.53 Å². The molecule has 0 saturated carbocycles. The van der Waals surface area contributed by atoms with Gasteiger partial charge in [0.05, 0.1) is 0 Å². The molecule has 0 aromatic heterocycles. The molecule has 0 spiro atoms. The van der Waals surface area contributed by atoms with Gasteiger partial charge in [0.15, 0.2) is 0 Å². The lowest BCUT2D eigenvalue weighted by molar-refractivity contribution is -0.125. The first-order valence-electron chi connectivity index (χ1n) is 6.70. The van der Waals surface area contributed by atoms with Gasteiger partial charge in [-0.05, 0) is 31.6 Å². The molecular weight excluding hydrogens is 214 g/mol. The third kappa shape index (κ3) is 6.47. The smallest absolute Gasteiger partial charge is 0.223 e. The van der Waals surface area contributed by atoms with Gasteiger partial charge in [-0.1, -0.05) is 26.0 Å². The van der Waals surface area contributed by atoms with E-state index < -0.39 is 0 Å². The van der Waals surface area contributed by atoms with E-state index in [2.05, 4.69) is 31.3 Å². The number of hydrogen-bond donors (Lipinski definition) is 1. The van der Waals surface area contributed by atoms with Gasteiger partial charge >= 0.3 is 0 Å². The molecule has 1 aliphatic carbocycles. The van der Waals surface area contributed by atoms with Crippen LogP contribution in [0.15, 0.2) is 12.2 Å². The zero-order valence-corrected chi connectivity index (χ0v) is 11.1. The van der Waals surface area contributed by atoms with E-state index >= 15 is 0 Å². The Hall–Kier alpha value is -0.830. The first-order chi connectivity index (χ1) is 8.20. The highest BCUT2D eigenvalue weighted by atomic mass is 16.5. The van der Waals surface area contributed by atoms with Gasteiger partial charge in [-0.2, -0.15) is 0 Å². The molecule has 0 heterocycles. The van der Waals surface area contributed by atoms with Gasteiger partial charge in [0.2, 0.25) is 5.91 Å².